The number of rotatable bonds is 1. The molecule has 1 atom stereocenters. The van der Waals surface area contributed by atoms with E-state index in [2.05, 4.69) is 20.6 Å². The molecule has 78 valence electrons. The predicted molar refractivity (Wildman–Crippen MR) is 56.2 cm³/mol. The van der Waals surface area contributed by atoms with Gasteiger partial charge in [0.2, 0.25) is 0 Å². The van der Waals surface area contributed by atoms with Gasteiger partial charge in [-0.2, -0.15) is 0 Å². The summed E-state index contributed by atoms with van der Waals surface area (Å²) in [6.45, 7) is 1.07. The summed E-state index contributed by atoms with van der Waals surface area (Å²) in [6, 6.07) is 1.96. The number of nitrogens with one attached hydrogen (secondary N) is 1. The number of aromatic nitrogens is 4. The minimum Gasteiger partial charge on any atom is -0.296 e. The molecule has 0 spiro atoms. The maximum Gasteiger partial charge on any atom is 0.131 e. The van der Waals surface area contributed by atoms with Crippen LogP contribution >= 0.6 is 0 Å². The molecule has 2 aromatic rings. The molecule has 1 aliphatic heterocycles. The topological polar surface area (TPSA) is 55.6 Å². The molecule has 3 heterocycles. The summed E-state index contributed by atoms with van der Waals surface area (Å²) < 4.78 is 1.97. The number of hydrogen-bond acceptors (Lipinski definition) is 4. The van der Waals surface area contributed by atoms with E-state index in [1.807, 2.05) is 10.7 Å². The van der Waals surface area contributed by atoms with Gasteiger partial charge in [-0.25, -0.2) is 4.68 Å². The molecule has 3 rings (SSSR count). The normalized spacial score (nSPS) is 22.0. The number of hydrogen-bond donors (Lipinski definition) is 1. The van der Waals surface area contributed by atoms with Gasteiger partial charge in [-0.05, 0) is 31.9 Å². The lowest BCUT2D eigenvalue weighted by atomic mass is 10.1. The molecule has 0 aromatic carbocycles. The number of piperidine rings is 1. The van der Waals surface area contributed by atoms with Gasteiger partial charge < -0.3 is 0 Å². The van der Waals surface area contributed by atoms with Crippen LogP contribution in [0.5, 0.6) is 0 Å². The van der Waals surface area contributed by atoms with Crippen molar-refractivity contribution in [1.29, 1.82) is 0 Å². The summed E-state index contributed by atoms with van der Waals surface area (Å²) in [7, 11) is 0. The molecular formula is C10H13N5. The first-order chi connectivity index (χ1) is 7.45. The van der Waals surface area contributed by atoms with Gasteiger partial charge in [0.25, 0.3) is 0 Å². The van der Waals surface area contributed by atoms with E-state index in [1.165, 1.54) is 12.8 Å². The van der Waals surface area contributed by atoms with Crippen molar-refractivity contribution in [3.05, 3.63) is 18.5 Å². The molecule has 0 aliphatic carbocycles. The highest BCUT2D eigenvalue weighted by atomic mass is 15.5. The zero-order valence-corrected chi connectivity index (χ0v) is 8.43. The van der Waals surface area contributed by atoms with Gasteiger partial charge in [-0.1, -0.05) is 5.21 Å². The maximum atomic E-state index is 4.18. The zero-order valence-electron chi connectivity index (χ0n) is 8.43. The fourth-order valence-corrected chi connectivity index (χ4v) is 2.07. The molecule has 1 unspecified atom stereocenters. The van der Waals surface area contributed by atoms with E-state index in [-0.39, 0.29) is 0 Å². The number of pyridine rings is 1. The van der Waals surface area contributed by atoms with Crippen LogP contribution in [0.2, 0.25) is 0 Å². The van der Waals surface area contributed by atoms with Crippen LogP contribution in [-0.4, -0.2) is 26.5 Å². The molecule has 15 heavy (non-hydrogen) atoms. The highest BCUT2D eigenvalue weighted by Crippen LogP contribution is 2.19. The first-order valence-corrected chi connectivity index (χ1v) is 5.33. The van der Waals surface area contributed by atoms with Gasteiger partial charge in [0.05, 0.1) is 11.7 Å². The summed E-state index contributed by atoms with van der Waals surface area (Å²) in [4.78, 5) is 4.04. The molecular weight excluding hydrogens is 190 g/mol. The van der Waals surface area contributed by atoms with Crippen LogP contribution in [0.4, 0.5) is 0 Å². The number of fused-ring (bicyclic) bond motifs is 1. The van der Waals surface area contributed by atoms with E-state index in [9.17, 15) is 0 Å². The minimum absolute atomic E-state index is 0.297. The summed E-state index contributed by atoms with van der Waals surface area (Å²) in [6.07, 6.45) is 7.47. The molecule has 2 aromatic heterocycles. The fraction of sp³-hybridized carbons (Fsp3) is 0.500. The van der Waals surface area contributed by atoms with Gasteiger partial charge in [0.15, 0.2) is 0 Å². The SMILES string of the molecule is c1cc2c(cn1)nnn2C1CCCCN1. The largest absolute Gasteiger partial charge is 0.296 e. The second-order valence-corrected chi connectivity index (χ2v) is 3.86. The van der Waals surface area contributed by atoms with Crippen LogP contribution in [0.3, 0.4) is 0 Å². The van der Waals surface area contributed by atoms with Gasteiger partial charge in [-0.3, -0.25) is 10.3 Å². The molecule has 1 N–H and O–H groups in total. The Bertz CT molecular complexity index is 458. The molecule has 0 saturated carbocycles. The van der Waals surface area contributed by atoms with Crippen molar-refractivity contribution in [2.75, 3.05) is 6.54 Å². The molecule has 5 nitrogen and oxygen atoms in total. The highest BCUT2D eigenvalue weighted by molar-refractivity contribution is 5.72. The molecule has 1 fully saturated rings. The van der Waals surface area contributed by atoms with E-state index in [1.54, 1.807) is 12.4 Å². The Morgan fingerprint density at radius 2 is 2.40 bits per heavy atom. The lowest BCUT2D eigenvalue weighted by Gasteiger charge is -2.23. The molecule has 5 heteroatoms. The van der Waals surface area contributed by atoms with Crippen molar-refractivity contribution in [2.24, 2.45) is 0 Å². The standard InChI is InChI=1S/C10H13N5/c1-2-5-12-10(3-1)15-9-4-6-11-7-8(9)13-14-15/h4,6-7,10,12H,1-3,5H2. The highest BCUT2D eigenvalue weighted by Gasteiger charge is 2.17. The molecule has 1 saturated heterocycles. The number of nitrogens with zero attached hydrogens (tertiary/aromatic N) is 4. The summed E-state index contributed by atoms with van der Waals surface area (Å²) in [5.74, 6) is 0. The molecule has 0 bridgehead atoms. The monoisotopic (exact) mass is 203 g/mol. The zero-order chi connectivity index (χ0) is 10.1. The van der Waals surface area contributed by atoms with Gasteiger partial charge >= 0.3 is 0 Å². The molecule has 1 aliphatic rings. The summed E-state index contributed by atoms with van der Waals surface area (Å²) in [5, 5.41) is 11.7. The van der Waals surface area contributed by atoms with E-state index in [0.29, 0.717) is 6.17 Å². The first-order valence-electron chi connectivity index (χ1n) is 5.33. The van der Waals surface area contributed by atoms with Gasteiger partial charge in [0.1, 0.15) is 11.7 Å². The Balaban J connectivity index is 2.02. The van der Waals surface area contributed by atoms with Crippen molar-refractivity contribution in [3.8, 4) is 0 Å². The van der Waals surface area contributed by atoms with Gasteiger partial charge in [0, 0.05) is 6.20 Å². The summed E-state index contributed by atoms with van der Waals surface area (Å²) >= 11 is 0. The smallest absolute Gasteiger partial charge is 0.131 e. The Morgan fingerprint density at radius 1 is 1.40 bits per heavy atom. The lowest BCUT2D eigenvalue weighted by Crippen LogP contribution is -2.32. The fourth-order valence-electron chi connectivity index (χ4n) is 2.07. The average Bonchev–Trinajstić information content (AvgIpc) is 2.74. The lowest BCUT2D eigenvalue weighted by molar-refractivity contribution is 0.300. The predicted octanol–water partition coefficient (Wildman–Crippen LogP) is 1.10. The van der Waals surface area contributed by atoms with E-state index in [0.717, 1.165) is 24.0 Å². The first kappa shape index (κ1) is 8.79. The third kappa shape index (κ3) is 1.48. The Kier molecular flexibility index (Phi) is 2.10. The second kappa shape index (κ2) is 3.58. The second-order valence-electron chi connectivity index (χ2n) is 3.86. The Hall–Kier alpha value is -1.49. The third-order valence-electron chi connectivity index (χ3n) is 2.85. The maximum absolute atomic E-state index is 4.18. The quantitative estimate of drug-likeness (QED) is 0.754. The van der Waals surface area contributed by atoms with Crippen LogP contribution in [0.25, 0.3) is 11.0 Å². The van der Waals surface area contributed by atoms with Crippen LogP contribution in [0, 0.1) is 0 Å². The van der Waals surface area contributed by atoms with E-state index in [4.69, 9.17) is 0 Å². The average molecular weight is 203 g/mol. The van der Waals surface area contributed by atoms with Crippen molar-refractivity contribution in [1.82, 2.24) is 25.3 Å². The van der Waals surface area contributed by atoms with Crippen molar-refractivity contribution >= 4 is 11.0 Å². The molecule has 0 amide bonds. The van der Waals surface area contributed by atoms with Crippen LogP contribution < -0.4 is 5.32 Å². The van der Waals surface area contributed by atoms with Crippen molar-refractivity contribution < 1.29 is 0 Å². The summed E-state index contributed by atoms with van der Waals surface area (Å²) in [5.41, 5.74) is 1.93. The van der Waals surface area contributed by atoms with Gasteiger partial charge in [-0.15, -0.1) is 5.10 Å². The Labute approximate surface area is 87.5 Å². The van der Waals surface area contributed by atoms with Crippen molar-refractivity contribution in [2.45, 2.75) is 25.4 Å². The van der Waals surface area contributed by atoms with E-state index < -0.39 is 0 Å². The third-order valence-corrected chi connectivity index (χ3v) is 2.85. The molecule has 0 radical (unpaired) electrons. The van der Waals surface area contributed by atoms with Crippen LogP contribution in [-0.2, 0) is 0 Å². The minimum atomic E-state index is 0.297. The van der Waals surface area contributed by atoms with E-state index >= 15 is 0 Å². The van der Waals surface area contributed by atoms with Crippen molar-refractivity contribution in [3.63, 3.8) is 0 Å². The Morgan fingerprint density at radius 3 is 3.27 bits per heavy atom. The van der Waals surface area contributed by atoms with Crippen LogP contribution in [0.1, 0.15) is 25.4 Å². The van der Waals surface area contributed by atoms with Crippen LogP contribution in [0.15, 0.2) is 18.5 Å².